The number of nitrogens with one attached hydrogen (secondary N) is 1. The van der Waals surface area contributed by atoms with Crippen molar-refractivity contribution in [1.82, 2.24) is 9.62 Å². The molecule has 1 aliphatic heterocycles. The molecule has 0 bridgehead atoms. The van der Waals surface area contributed by atoms with Crippen LogP contribution in [0.4, 0.5) is 0 Å². The molecule has 1 N–H and O–H groups in total. The lowest BCUT2D eigenvalue weighted by molar-refractivity contribution is 0.0773. The molecule has 0 spiro atoms. The van der Waals surface area contributed by atoms with Crippen LogP contribution in [0.3, 0.4) is 0 Å². The molecule has 0 atom stereocenters. The Kier molecular flexibility index (Phi) is 7.46. The van der Waals surface area contributed by atoms with E-state index in [4.69, 9.17) is 23.2 Å². The van der Waals surface area contributed by atoms with E-state index in [0.29, 0.717) is 35.2 Å². The molecule has 0 radical (unpaired) electrons. The summed E-state index contributed by atoms with van der Waals surface area (Å²) in [4.78, 5) is 12.7. The maximum Gasteiger partial charge on any atom is 0.252 e. The molecule has 0 aliphatic carbocycles. The summed E-state index contributed by atoms with van der Waals surface area (Å²) in [7, 11) is -3.18. The van der Waals surface area contributed by atoms with Crippen LogP contribution in [0.5, 0.6) is 0 Å². The topological polar surface area (TPSA) is 66.5 Å². The number of amides is 1. The Morgan fingerprint density at radius 1 is 1.21 bits per heavy atom. The van der Waals surface area contributed by atoms with E-state index >= 15 is 0 Å². The third kappa shape index (κ3) is 6.09. The van der Waals surface area contributed by atoms with Crippen molar-refractivity contribution in [2.75, 3.05) is 25.4 Å². The van der Waals surface area contributed by atoms with E-state index in [9.17, 15) is 13.2 Å². The van der Waals surface area contributed by atoms with Gasteiger partial charge >= 0.3 is 0 Å². The first-order chi connectivity index (χ1) is 12.9. The van der Waals surface area contributed by atoms with Crippen molar-refractivity contribution in [3.05, 3.63) is 33.8 Å². The lowest BCUT2D eigenvalue weighted by Gasteiger charge is -2.44. The summed E-state index contributed by atoms with van der Waals surface area (Å²) >= 11 is 12.1. The average molecular weight is 449 g/mol. The van der Waals surface area contributed by atoms with E-state index in [1.165, 1.54) is 0 Å². The van der Waals surface area contributed by atoms with Crippen LogP contribution >= 0.6 is 23.2 Å². The Bertz CT molecular complexity index is 811. The summed E-state index contributed by atoms with van der Waals surface area (Å²) in [6, 6.07) is 4.81. The Balaban J connectivity index is 2.13. The van der Waals surface area contributed by atoms with Gasteiger partial charge in [-0.05, 0) is 55.2 Å². The van der Waals surface area contributed by atoms with Gasteiger partial charge in [0.1, 0.15) is 0 Å². The normalized spacial score (nSPS) is 18.1. The highest BCUT2D eigenvalue weighted by Gasteiger charge is 2.40. The monoisotopic (exact) mass is 448 g/mol. The number of rotatable bonds is 6. The van der Waals surface area contributed by atoms with Gasteiger partial charge in [-0.1, -0.05) is 44.0 Å². The van der Waals surface area contributed by atoms with Gasteiger partial charge in [0.25, 0.3) is 5.91 Å². The number of piperidine rings is 1. The van der Waals surface area contributed by atoms with Gasteiger partial charge in [0, 0.05) is 24.7 Å². The largest absolute Gasteiger partial charge is 0.351 e. The van der Waals surface area contributed by atoms with E-state index in [1.807, 2.05) is 0 Å². The summed E-state index contributed by atoms with van der Waals surface area (Å²) in [5, 5.41) is 3.83. The van der Waals surface area contributed by atoms with E-state index in [1.54, 1.807) is 29.4 Å². The van der Waals surface area contributed by atoms with Crippen molar-refractivity contribution < 1.29 is 13.2 Å². The van der Waals surface area contributed by atoms with Gasteiger partial charge in [-0.15, -0.1) is 0 Å². The van der Waals surface area contributed by atoms with Gasteiger partial charge < -0.3 is 5.32 Å². The van der Waals surface area contributed by atoms with Gasteiger partial charge in [0.05, 0.1) is 16.3 Å². The molecule has 1 aliphatic rings. The minimum absolute atomic E-state index is 0.0639. The third-order valence-corrected chi connectivity index (χ3v) is 7.68. The summed E-state index contributed by atoms with van der Waals surface area (Å²) in [5.74, 6) is -0.121. The lowest BCUT2D eigenvalue weighted by Crippen LogP contribution is -2.49. The second-order valence-corrected chi connectivity index (χ2v) is 11.9. The predicted molar refractivity (Wildman–Crippen MR) is 116 cm³/mol. The Labute approximate surface area is 178 Å². The zero-order valence-corrected chi connectivity index (χ0v) is 19.3. The highest BCUT2D eigenvalue weighted by molar-refractivity contribution is 7.89. The quantitative estimate of drug-likeness (QED) is 0.691. The van der Waals surface area contributed by atoms with Crippen molar-refractivity contribution in [2.45, 2.75) is 47.0 Å². The van der Waals surface area contributed by atoms with Gasteiger partial charge in [0.15, 0.2) is 0 Å². The first kappa shape index (κ1) is 23.5. The molecule has 1 amide bonds. The minimum atomic E-state index is -3.18. The van der Waals surface area contributed by atoms with Crippen molar-refractivity contribution in [2.24, 2.45) is 10.8 Å². The van der Waals surface area contributed by atoms with E-state index < -0.39 is 10.0 Å². The molecular weight excluding hydrogens is 419 g/mol. The summed E-state index contributed by atoms with van der Waals surface area (Å²) in [6.07, 6.45) is 2.34. The number of nitrogens with zero attached hydrogens (tertiary/aromatic N) is 1. The van der Waals surface area contributed by atoms with Crippen molar-refractivity contribution in [3.63, 3.8) is 0 Å². The van der Waals surface area contributed by atoms with E-state index in [0.717, 1.165) is 19.3 Å². The maximum absolute atomic E-state index is 12.7. The highest BCUT2D eigenvalue weighted by Crippen LogP contribution is 2.42. The Morgan fingerprint density at radius 2 is 1.82 bits per heavy atom. The second-order valence-electron chi connectivity index (χ2n) is 8.84. The van der Waals surface area contributed by atoms with Crippen molar-refractivity contribution in [1.29, 1.82) is 0 Å². The molecule has 2 rings (SSSR count). The highest BCUT2D eigenvalue weighted by atomic mass is 35.5. The SMILES string of the molecule is CCS(=O)(=O)N1CCC(CNC(=O)c2ccc(Cl)cc2Cl)(CC(C)(C)C)CC1. The van der Waals surface area contributed by atoms with Gasteiger partial charge in [-0.3, -0.25) is 4.79 Å². The molecule has 1 aromatic rings. The maximum atomic E-state index is 12.7. The molecule has 0 unspecified atom stereocenters. The fourth-order valence-corrected chi connectivity index (χ4v) is 5.60. The standard InChI is InChI=1S/C20H30Cl2N2O3S/c1-5-28(26,27)24-10-8-20(9-11-24,13-19(2,3)4)14-23-18(25)16-7-6-15(21)12-17(16)22/h6-7,12H,5,8-11,13-14H2,1-4H3,(H,23,25). The Morgan fingerprint density at radius 3 is 2.32 bits per heavy atom. The average Bonchev–Trinajstić information content (AvgIpc) is 2.59. The molecule has 28 heavy (non-hydrogen) atoms. The predicted octanol–water partition coefficient (Wildman–Crippen LogP) is 4.59. The molecule has 5 nitrogen and oxygen atoms in total. The molecule has 1 fully saturated rings. The molecular formula is C20H30Cl2N2O3S. The van der Waals surface area contributed by atoms with Crippen LogP contribution in [0, 0.1) is 10.8 Å². The van der Waals surface area contributed by atoms with Crippen LogP contribution in [0.2, 0.25) is 10.0 Å². The summed E-state index contributed by atoms with van der Waals surface area (Å²) < 4.78 is 26.0. The zero-order chi connectivity index (χ0) is 21.2. The molecule has 1 heterocycles. The van der Waals surface area contributed by atoms with E-state index in [-0.39, 0.29) is 22.5 Å². The number of hydrogen-bond donors (Lipinski definition) is 1. The van der Waals surface area contributed by atoms with Gasteiger partial charge in [-0.2, -0.15) is 0 Å². The van der Waals surface area contributed by atoms with Crippen LogP contribution in [-0.2, 0) is 10.0 Å². The first-order valence-electron chi connectivity index (χ1n) is 9.59. The third-order valence-electron chi connectivity index (χ3n) is 5.25. The molecule has 0 saturated carbocycles. The fraction of sp³-hybridized carbons (Fsp3) is 0.650. The lowest BCUT2D eigenvalue weighted by atomic mass is 9.68. The molecule has 0 aromatic heterocycles. The van der Waals surface area contributed by atoms with Crippen molar-refractivity contribution in [3.8, 4) is 0 Å². The van der Waals surface area contributed by atoms with Crippen molar-refractivity contribution >= 4 is 39.1 Å². The summed E-state index contributed by atoms with van der Waals surface area (Å²) in [5.41, 5.74) is 0.309. The second kappa shape index (κ2) is 8.90. The number of sulfonamides is 1. The first-order valence-corrected chi connectivity index (χ1v) is 12.0. The van der Waals surface area contributed by atoms with Crippen LogP contribution in [0.25, 0.3) is 0 Å². The number of hydrogen-bond acceptors (Lipinski definition) is 3. The van der Waals surface area contributed by atoms with Crippen LogP contribution < -0.4 is 5.32 Å². The minimum Gasteiger partial charge on any atom is -0.351 e. The molecule has 158 valence electrons. The molecule has 1 saturated heterocycles. The van der Waals surface area contributed by atoms with E-state index in [2.05, 4.69) is 26.1 Å². The number of benzene rings is 1. The number of carbonyl (C=O) groups excluding carboxylic acids is 1. The van der Waals surface area contributed by atoms with Gasteiger partial charge in [0.2, 0.25) is 10.0 Å². The molecule has 1 aromatic carbocycles. The van der Waals surface area contributed by atoms with Crippen LogP contribution in [0.15, 0.2) is 18.2 Å². The number of carbonyl (C=O) groups is 1. The fourth-order valence-electron chi connectivity index (χ4n) is 4.00. The number of halogens is 2. The van der Waals surface area contributed by atoms with Gasteiger partial charge in [-0.25, -0.2) is 12.7 Å². The molecule has 8 heteroatoms. The smallest absolute Gasteiger partial charge is 0.252 e. The Hall–Kier alpha value is -0.820. The van der Waals surface area contributed by atoms with Crippen LogP contribution in [0.1, 0.15) is 57.3 Å². The zero-order valence-electron chi connectivity index (χ0n) is 17.0. The summed E-state index contributed by atoms with van der Waals surface area (Å²) in [6.45, 7) is 9.64. The van der Waals surface area contributed by atoms with Crippen LogP contribution in [-0.4, -0.2) is 44.0 Å².